The van der Waals surface area contributed by atoms with Crippen molar-refractivity contribution in [3.05, 3.63) is 65.7 Å². The van der Waals surface area contributed by atoms with E-state index >= 15 is 0 Å². The van der Waals surface area contributed by atoms with Gasteiger partial charge in [-0.2, -0.15) is 0 Å². The highest BCUT2D eigenvalue weighted by Crippen LogP contribution is 2.25. The van der Waals surface area contributed by atoms with Crippen molar-refractivity contribution < 1.29 is 23.9 Å². The fourth-order valence-electron chi connectivity index (χ4n) is 5.48. The first-order valence-electron chi connectivity index (χ1n) is 14.9. The Morgan fingerprint density at radius 1 is 1.02 bits per heavy atom. The maximum atomic E-state index is 13.4. The molecule has 5 unspecified atom stereocenters. The molecular weight excluding hydrogens is 548 g/mol. The first kappa shape index (κ1) is 33.7. The molecule has 4 amide bonds. The largest absolute Gasteiger partial charge is 0.378 e. The molecule has 1 saturated heterocycles. The molecule has 3 rings (SSSR count). The summed E-state index contributed by atoms with van der Waals surface area (Å²) in [6.45, 7) is 3.17. The first-order chi connectivity index (χ1) is 20.8. The molecule has 2 aromatic rings. The van der Waals surface area contributed by atoms with Gasteiger partial charge in [0.25, 0.3) is 0 Å². The predicted octanol–water partition coefficient (Wildman–Crippen LogP) is 1.57. The number of anilines is 1. The molecule has 1 heterocycles. The smallest absolute Gasteiger partial charge is 0.243 e. The Balaban J connectivity index is 1.63. The van der Waals surface area contributed by atoms with Crippen molar-refractivity contribution in [1.82, 2.24) is 20.9 Å². The first-order valence-corrected chi connectivity index (χ1v) is 14.9. The monoisotopic (exact) mass is 594 g/mol. The van der Waals surface area contributed by atoms with E-state index in [2.05, 4.69) is 21.3 Å². The number of hydrogen-bond acceptors (Lipinski definition) is 7. The van der Waals surface area contributed by atoms with E-state index in [0.717, 1.165) is 36.8 Å². The zero-order chi connectivity index (χ0) is 31.2. The number of nitrogens with zero attached hydrogens (tertiary/aromatic N) is 1. The van der Waals surface area contributed by atoms with E-state index in [1.54, 1.807) is 38.1 Å². The second-order valence-electron chi connectivity index (χ2n) is 11.0. The molecule has 11 nitrogen and oxygen atoms in total. The third-order valence-corrected chi connectivity index (χ3v) is 8.00. The Morgan fingerprint density at radius 2 is 1.74 bits per heavy atom. The predicted molar refractivity (Wildman–Crippen MR) is 166 cm³/mol. The molecule has 5 atom stereocenters. The number of rotatable bonds is 17. The van der Waals surface area contributed by atoms with E-state index in [1.165, 1.54) is 0 Å². The number of hydrogen-bond donors (Lipinski definition) is 5. The SMILES string of the molecule is CNC(CCCN)C(=O)Nc1ccc(CNC(=O)C(Cc2ccccc2)NC(=O)C(C)C(OC)C2CCCN2C=O)cc1. The number of likely N-dealkylation sites (tertiary alicyclic amines) is 1. The third-order valence-electron chi connectivity index (χ3n) is 8.00. The van der Waals surface area contributed by atoms with Crippen LogP contribution < -0.4 is 27.0 Å². The van der Waals surface area contributed by atoms with Gasteiger partial charge in [-0.05, 0) is 62.5 Å². The van der Waals surface area contributed by atoms with Crippen LogP contribution >= 0.6 is 0 Å². The second kappa shape index (κ2) is 17.3. The van der Waals surface area contributed by atoms with E-state index in [1.807, 2.05) is 42.5 Å². The lowest BCUT2D eigenvalue weighted by Crippen LogP contribution is -2.53. The van der Waals surface area contributed by atoms with Gasteiger partial charge in [0.05, 0.1) is 24.1 Å². The molecule has 11 heteroatoms. The minimum absolute atomic E-state index is 0.131. The lowest BCUT2D eigenvalue weighted by Gasteiger charge is -2.32. The van der Waals surface area contributed by atoms with Gasteiger partial charge in [-0.15, -0.1) is 0 Å². The Kier molecular flexibility index (Phi) is 13.6. The summed E-state index contributed by atoms with van der Waals surface area (Å²) >= 11 is 0. The molecule has 1 fully saturated rings. The van der Waals surface area contributed by atoms with Crippen molar-refractivity contribution >= 4 is 29.8 Å². The van der Waals surface area contributed by atoms with Gasteiger partial charge in [-0.3, -0.25) is 19.2 Å². The zero-order valence-electron chi connectivity index (χ0n) is 25.4. The topological polar surface area (TPSA) is 155 Å². The van der Waals surface area contributed by atoms with Gasteiger partial charge < -0.3 is 36.6 Å². The van der Waals surface area contributed by atoms with Crippen LogP contribution in [0.3, 0.4) is 0 Å². The molecule has 6 N–H and O–H groups in total. The van der Waals surface area contributed by atoms with Gasteiger partial charge in [0, 0.05) is 32.3 Å². The van der Waals surface area contributed by atoms with E-state index in [-0.39, 0.29) is 36.3 Å². The summed E-state index contributed by atoms with van der Waals surface area (Å²) in [6, 6.07) is 15.4. The molecule has 2 aromatic carbocycles. The summed E-state index contributed by atoms with van der Waals surface area (Å²) in [7, 11) is 3.29. The van der Waals surface area contributed by atoms with Crippen molar-refractivity contribution in [2.75, 3.05) is 32.6 Å². The van der Waals surface area contributed by atoms with Crippen molar-refractivity contribution in [2.24, 2.45) is 11.7 Å². The Hall–Kier alpha value is -3.80. The highest BCUT2D eigenvalue weighted by Gasteiger charge is 2.38. The molecule has 0 aliphatic carbocycles. The number of carbonyl (C=O) groups excluding carboxylic acids is 4. The van der Waals surface area contributed by atoms with Gasteiger partial charge in [0.2, 0.25) is 24.1 Å². The summed E-state index contributed by atoms with van der Waals surface area (Å²) in [5.74, 6) is -1.34. The maximum absolute atomic E-state index is 13.4. The summed E-state index contributed by atoms with van der Waals surface area (Å²) in [5, 5.41) is 11.8. The Bertz CT molecular complexity index is 1180. The van der Waals surface area contributed by atoms with Crippen molar-refractivity contribution in [2.45, 2.75) is 69.8 Å². The van der Waals surface area contributed by atoms with E-state index < -0.39 is 18.1 Å². The molecule has 0 radical (unpaired) electrons. The molecule has 1 aliphatic heterocycles. The van der Waals surface area contributed by atoms with Crippen LogP contribution in [0, 0.1) is 5.92 Å². The summed E-state index contributed by atoms with van der Waals surface area (Å²) in [5.41, 5.74) is 7.97. The number of benzene rings is 2. The maximum Gasteiger partial charge on any atom is 0.243 e. The molecular formula is C32H46N6O5. The van der Waals surface area contributed by atoms with Gasteiger partial charge in [-0.25, -0.2) is 0 Å². The van der Waals surface area contributed by atoms with Crippen LogP contribution in [0.2, 0.25) is 0 Å². The summed E-state index contributed by atoms with van der Waals surface area (Å²) in [6.07, 6.45) is 3.64. The van der Waals surface area contributed by atoms with Crippen LogP contribution in [0.25, 0.3) is 0 Å². The molecule has 234 valence electrons. The van der Waals surface area contributed by atoms with Crippen molar-refractivity contribution in [3.63, 3.8) is 0 Å². The minimum Gasteiger partial charge on any atom is -0.378 e. The van der Waals surface area contributed by atoms with Crippen molar-refractivity contribution in [1.29, 1.82) is 0 Å². The standard InChI is InChI=1S/C32H46N6O5/c1-22(29(43-3)28-12-8-18-38(28)21-39)30(40)37-27(19-23-9-5-4-6-10-23)31(41)35-20-24-13-15-25(16-14-24)36-32(42)26(34-2)11-7-17-33/h4-6,9-10,13-16,21-22,26-29,34H,7-8,11-12,17-20,33H2,1-3H3,(H,35,41)(H,36,42)(H,37,40). The van der Waals surface area contributed by atoms with Crippen molar-refractivity contribution in [3.8, 4) is 0 Å². The molecule has 0 bridgehead atoms. The van der Waals surface area contributed by atoms with Gasteiger partial charge in [-0.1, -0.05) is 49.4 Å². The Labute approximate surface area is 254 Å². The fraction of sp³-hybridized carbons (Fsp3) is 0.500. The van der Waals surface area contributed by atoms with Crippen LogP contribution in [0.1, 0.15) is 43.7 Å². The average Bonchev–Trinajstić information content (AvgIpc) is 3.50. The van der Waals surface area contributed by atoms with Gasteiger partial charge in [0.15, 0.2) is 0 Å². The molecule has 43 heavy (non-hydrogen) atoms. The molecule has 0 saturated carbocycles. The lowest BCUT2D eigenvalue weighted by atomic mass is 9.94. The zero-order valence-corrected chi connectivity index (χ0v) is 25.4. The summed E-state index contributed by atoms with van der Waals surface area (Å²) < 4.78 is 5.69. The number of amides is 4. The number of ether oxygens (including phenoxy) is 1. The Morgan fingerprint density at radius 3 is 2.37 bits per heavy atom. The van der Waals surface area contributed by atoms with Gasteiger partial charge in [0.1, 0.15) is 6.04 Å². The van der Waals surface area contributed by atoms with Gasteiger partial charge >= 0.3 is 0 Å². The van der Waals surface area contributed by atoms with E-state index in [4.69, 9.17) is 10.5 Å². The lowest BCUT2D eigenvalue weighted by molar-refractivity contribution is -0.136. The highest BCUT2D eigenvalue weighted by atomic mass is 16.5. The van der Waals surface area contributed by atoms with Crippen LogP contribution in [0.15, 0.2) is 54.6 Å². The van der Waals surface area contributed by atoms with E-state index in [0.29, 0.717) is 31.6 Å². The third kappa shape index (κ3) is 9.87. The quantitative estimate of drug-likeness (QED) is 0.174. The van der Waals surface area contributed by atoms with Crippen LogP contribution in [0.5, 0.6) is 0 Å². The number of carbonyl (C=O) groups is 4. The molecule has 0 spiro atoms. The fourth-order valence-corrected chi connectivity index (χ4v) is 5.48. The number of likely N-dealkylation sites (N-methyl/N-ethyl adjacent to an activating group) is 1. The van der Waals surface area contributed by atoms with Crippen LogP contribution in [0.4, 0.5) is 5.69 Å². The normalized spacial score (nSPS) is 17.4. The number of nitrogens with one attached hydrogen (secondary N) is 4. The highest BCUT2D eigenvalue weighted by molar-refractivity contribution is 5.94. The number of nitrogens with two attached hydrogens (primary N) is 1. The number of methoxy groups -OCH3 is 1. The second-order valence-corrected chi connectivity index (χ2v) is 11.0. The minimum atomic E-state index is -0.814. The average molecular weight is 595 g/mol. The molecule has 1 aliphatic rings. The van der Waals surface area contributed by atoms with Crippen LogP contribution in [-0.4, -0.2) is 80.5 Å². The van der Waals surface area contributed by atoms with E-state index in [9.17, 15) is 19.2 Å². The molecule has 0 aromatic heterocycles. The van der Waals surface area contributed by atoms with Crippen LogP contribution in [-0.2, 0) is 36.9 Å². The summed E-state index contributed by atoms with van der Waals surface area (Å²) in [4.78, 5) is 52.6.